The molecule has 4 aromatic heterocycles. The van der Waals surface area contributed by atoms with Crippen LogP contribution in [0.4, 0.5) is 21.9 Å². The number of carbonyl (C=O) groups is 3. The predicted molar refractivity (Wildman–Crippen MR) is 243 cm³/mol. The first-order chi connectivity index (χ1) is 30.9. The summed E-state index contributed by atoms with van der Waals surface area (Å²) in [4.78, 5) is 67.5. The molecule has 1 unspecified atom stereocenters. The number of amides is 4. The van der Waals surface area contributed by atoms with Crippen molar-refractivity contribution < 1.29 is 24.0 Å². The fourth-order valence-corrected chi connectivity index (χ4v) is 8.89. The smallest absolute Gasteiger partial charge is 0.328 e. The van der Waals surface area contributed by atoms with Gasteiger partial charge >= 0.3 is 6.03 Å². The van der Waals surface area contributed by atoms with Crippen LogP contribution in [-0.2, 0) is 16.8 Å². The molecular weight excluding hydrogens is 813 g/mol. The zero-order chi connectivity index (χ0) is 44.5. The Labute approximate surface area is 371 Å². The molecule has 0 spiro atoms. The molecule has 9 rings (SSSR count). The highest BCUT2D eigenvalue weighted by molar-refractivity contribution is 6.05. The number of hydrogen-bond donors (Lipinski definition) is 4. The normalized spacial score (nSPS) is 17.2. The number of H-pyrrole nitrogens is 1. The van der Waals surface area contributed by atoms with Gasteiger partial charge in [-0.25, -0.2) is 14.8 Å². The summed E-state index contributed by atoms with van der Waals surface area (Å²) in [5.74, 6) is 0.311. The Morgan fingerprint density at radius 3 is 2.31 bits per heavy atom. The Morgan fingerprint density at radius 2 is 1.62 bits per heavy atom. The standard InChI is InChI=1S/C47H54N12O5/c1-29(51-44(62)43-54-45(64-55-43)47(2,3)4)36-11-5-31(23-32(36)27-60)41-37-24-39(52-42(37)50-28-49-41)38-12-10-35(25-48-38)58-21-19-56(20-22-58)26-30-13-16-57(17-14-30)33-6-8-34(9-7-33)59-18-15-40(61)53-46(59)63/h5-12,23-25,28-30,60H,13-22,26-27H2,1-4H3,(H,51,62)(H,49,50,52)(H,53,61,63). The van der Waals surface area contributed by atoms with Crippen LogP contribution in [0, 0.1) is 5.92 Å². The SMILES string of the molecule is CC(NC(=O)c1noc(C(C)(C)C)n1)c1ccc(-c2ncnc3[nH]c(-c4ccc(N5CCN(CC6CCN(c7ccc(N8CCC(=O)NC8=O)cc7)CC6)CC5)cn4)cc23)cc1CO. The van der Waals surface area contributed by atoms with Crippen LogP contribution in [0.5, 0.6) is 0 Å². The lowest BCUT2D eigenvalue weighted by Gasteiger charge is -2.40. The third-order valence-electron chi connectivity index (χ3n) is 12.6. The first kappa shape index (κ1) is 42.6. The number of imide groups is 1. The maximum atomic E-state index is 13.0. The van der Waals surface area contributed by atoms with Crippen molar-refractivity contribution in [2.24, 2.45) is 5.92 Å². The van der Waals surface area contributed by atoms with Gasteiger partial charge in [0.2, 0.25) is 11.8 Å². The molecule has 17 heteroatoms. The molecule has 4 N–H and O–H groups in total. The topological polar surface area (TPSA) is 202 Å². The minimum Gasteiger partial charge on any atom is -0.392 e. The number of aromatic nitrogens is 6. The van der Waals surface area contributed by atoms with E-state index in [0.29, 0.717) is 41.7 Å². The molecule has 332 valence electrons. The highest BCUT2D eigenvalue weighted by Gasteiger charge is 2.28. The zero-order valence-corrected chi connectivity index (χ0v) is 36.7. The maximum absolute atomic E-state index is 13.0. The minimum atomic E-state index is -0.462. The van der Waals surface area contributed by atoms with Gasteiger partial charge in [-0.15, -0.1) is 0 Å². The second-order valence-electron chi connectivity index (χ2n) is 18.0. The van der Waals surface area contributed by atoms with Gasteiger partial charge in [-0.1, -0.05) is 38.1 Å². The van der Waals surface area contributed by atoms with E-state index in [0.717, 1.165) is 97.9 Å². The molecule has 2 aromatic carbocycles. The number of pyridine rings is 1. The van der Waals surface area contributed by atoms with Crippen molar-refractivity contribution in [3.63, 3.8) is 0 Å². The number of rotatable bonds is 11. The molecule has 3 saturated heterocycles. The number of aliphatic hydroxyl groups excluding tert-OH is 1. The summed E-state index contributed by atoms with van der Waals surface area (Å²) in [5, 5.41) is 20.4. The van der Waals surface area contributed by atoms with Gasteiger partial charge in [0.15, 0.2) is 0 Å². The average Bonchev–Trinajstić information content (AvgIpc) is 3.99. The molecule has 0 aliphatic carbocycles. The Morgan fingerprint density at radius 1 is 0.891 bits per heavy atom. The first-order valence-electron chi connectivity index (χ1n) is 22.0. The number of fused-ring (bicyclic) bond motifs is 1. The van der Waals surface area contributed by atoms with Gasteiger partial charge in [0.25, 0.3) is 11.7 Å². The van der Waals surface area contributed by atoms with Crippen molar-refractivity contribution in [1.29, 1.82) is 0 Å². The summed E-state index contributed by atoms with van der Waals surface area (Å²) in [6.07, 6.45) is 6.07. The fraction of sp³-hybridized carbons (Fsp3) is 0.404. The van der Waals surface area contributed by atoms with E-state index < -0.39 is 11.9 Å². The van der Waals surface area contributed by atoms with Crippen molar-refractivity contribution in [1.82, 2.24) is 45.6 Å². The van der Waals surface area contributed by atoms with Gasteiger partial charge in [0, 0.05) is 86.5 Å². The summed E-state index contributed by atoms with van der Waals surface area (Å²) in [7, 11) is 0. The summed E-state index contributed by atoms with van der Waals surface area (Å²) < 4.78 is 5.30. The Bertz CT molecular complexity index is 2640. The maximum Gasteiger partial charge on any atom is 0.328 e. The van der Waals surface area contributed by atoms with E-state index >= 15 is 0 Å². The predicted octanol–water partition coefficient (Wildman–Crippen LogP) is 5.84. The van der Waals surface area contributed by atoms with Gasteiger partial charge < -0.3 is 29.7 Å². The van der Waals surface area contributed by atoms with Crippen molar-refractivity contribution in [3.8, 4) is 22.6 Å². The second-order valence-corrected chi connectivity index (χ2v) is 18.0. The van der Waals surface area contributed by atoms with Gasteiger partial charge in [-0.3, -0.25) is 29.7 Å². The Kier molecular flexibility index (Phi) is 11.8. The summed E-state index contributed by atoms with van der Waals surface area (Å²) in [6, 6.07) is 19.2. The lowest BCUT2D eigenvalue weighted by molar-refractivity contribution is -0.120. The average molecular weight is 867 g/mol. The lowest BCUT2D eigenvalue weighted by atomic mass is 9.95. The van der Waals surface area contributed by atoms with E-state index in [2.05, 4.69) is 68.6 Å². The van der Waals surface area contributed by atoms with Crippen molar-refractivity contribution in [2.75, 3.05) is 67.1 Å². The van der Waals surface area contributed by atoms with E-state index in [1.54, 1.807) is 4.90 Å². The van der Waals surface area contributed by atoms with E-state index in [-0.39, 0.29) is 29.8 Å². The largest absolute Gasteiger partial charge is 0.392 e. The molecule has 3 aliphatic heterocycles. The molecule has 1 atom stereocenters. The van der Waals surface area contributed by atoms with E-state index in [1.165, 1.54) is 12.0 Å². The highest BCUT2D eigenvalue weighted by atomic mass is 16.5. The third kappa shape index (κ3) is 9.03. The molecule has 64 heavy (non-hydrogen) atoms. The molecular formula is C47H54N12O5. The van der Waals surface area contributed by atoms with Crippen molar-refractivity contribution in [2.45, 2.75) is 65.0 Å². The molecule has 0 bridgehead atoms. The van der Waals surface area contributed by atoms with E-state index in [4.69, 9.17) is 9.51 Å². The van der Waals surface area contributed by atoms with Crippen LogP contribution < -0.4 is 25.3 Å². The van der Waals surface area contributed by atoms with E-state index in [9.17, 15) is 19.5 Å². The Balaban J connectivity index is 0.778. The van der Waals surface area contributed by atoms with Crippen LogP contribution in [0.2, 0.25) is 0 Å². The molecule has 0 radical (unpaired) electrons. The van der Waals surface area contributed by atoms with Gasteiger partial charge in [0.05, 0.1) is 41.6 Å². The molecule has 4 amide bonds. The molecule has 0 saturated carbocycles. The molecule has 3 aliphatic rings. The quantitative estimate of drug-likeness (QED) is 0.121. The highest BCUT2D eigenvalue weighted by Crippen LogP contribution is 2.33. The number of piperidine rings is 1. The molecule has 7 heterocycles. The number of aromatic amines is 1. The summed E-state index contributed by atoms with van der Waals surface area (Å²) in [6.45, 7) is 14.8. The van der Waals surface area contributed by atoms with Crippen LogP contribution in [0.25, 0.3) is 33.7 Å². The van der Waals surface area contributed by atoms with Crippen LogP contribution in [0.15, 0.2) is 77.7 Å². The fourth-order valence-electron chi connectivity index (χ4n) is 8.89. The van der Waals surface area contributed by atoms with Crippen LogP contribution >= 0.6 is 0 Å². The van der Waals surface area contributed by atoms with Crippen molar-refractivity contribution in [3.05, 3.63) is 96.0 Å². The number of aliphatic hydroxyl groups is 1. The van der Waals surface area contributed by atoms with Gasteiger partial charge in [-0.2, -0.15) is 4.98 Å². The Hall–Kier alpha value is -6.72. The number of hydrogen-bond acceptors (Lipinski definition) is 13. The van der Waals surface area contributed by atoms with Crippen LogP contribution in [0.3, 0.4) is 0 Å². The number of nitrogens with zero attached hydrogens (tertiary/aromatic N) is 9. The third-order valence-corrected chi connectivity index (χ3v) is 12.6. The number of anilines is 3. The number of nitrogens with one attached hydrogen (secondary N) is 3. The molecule has 6 aromatic rings. The molecule has 17 nitrogen and oxygen atoms in total. The first-order valence-corrected chi connectivity index (χ1v) is 22.0. The minimum absolute atomic E-state index is 0.0386. The molecule has 3 fully saturated rings. The number of urea groups is 1. The van der Waals surface area contributed by atoms with Gasteiger partial charge in [-0.05, 0) is 85.3 Å². The lowest BCUT2D eigenvalue weighted by Crippen LogP contribution is -2.49. The van der Waals surface area contributed by atoms with Crippen molar-refractivity contribution >= 4 is 45.9 Å². The second kappa shape index (κ2) is 17.8. The summed E-state index contributed by atoms with van der Waals surface area (Å²) in [5.41, 5.74) is 7.93. The summed E-state index contributed by atoms with van der Waals surface area (Å²) >= 11 is 0. The zero-order valence-electron chi connectivity index (χ0n) is 36.7. The number of carbonyl (C=O) groups excluding carboxylic acids is 3. The number of benzene rings is 2. The van der Waals surface area contributed by atoms with E-state index in [1.807, 2.05) is 76.4 Å². The van der Waals surface area contributed by atoms with Gasteiger partial charge in [0.1, 0.15) is 12.0 Å². The monoisotopic (exact) mass is 866 g/mol. The van der Waals surface area contributed by atoms with Crippen LogP contribution in [-0.4, -0.2) is 110 Å². The van der Waals surface area contributed by atoms with Crippen LogP contribution in [0.1, 0.15) is 80.6 Å². The number of piperazine rings is 1.